The van der Waals surface area contributed by atoms with Crippen LogP contribution in [0.3, 0.4) is 0 Å². The number of non-ortho nitro benzene ring substituents is 1. The molecule has 15 nitrogen and oxygen atoms in total. The van der Waals surface area contributed by atoms with Gasteiger partial charge in [0.05, 0.1) is 10.4 Å². The average molecular weight is 801 g/mol. The number of urea groups is 1. The molecule has 5 aromatic rings. The number of aliphatic imine (C=N–C) groups is 1. The van der Waals surface area contributed by atoms with E-state index in [1.807, 2.05) is 60.7 Å². The molecule has 15 heteroatoms. The SMILES string of the molecule is Cc1ccccc1Cn1cc(CN2CCCC2)c2ccc(NC(=O)N[C@@H](Cc3ccc([N+](=O)[O-])cc3)C(=O)N[C@@H](CCCN=C(N)N)C(=O)NCc3ccccc3)cc21. The van der Waals surface area contributed by atoms with Crippen LogP contribution in [0.5, 0.6) is 0 Å². The van der Waals surface area contributed by atoms with Gasteiger partial charge >= 0.3 is 6.03 Å². The number of carbonyl (C=O) groups is 3. The number of benzene rings is 4. The number of amides is 4. The predicted octanol–water partition coefficient (Wildman–Crippen LogP) is 5.09. The molecule has 1 aromatic heterocycles. The van der Waals surface area contributed by atoms with Crippen LogP contribution in [-0.4, -0.2) is 69.9 Å². The molecule has 59 heavy (non-hydrogen) atoms. The molecular formula is C44H52N10O5. The zero-order valence-corrected chi connectivity index (χ0v) is 33.2. The molecule has 2 atom stereocenters. The molecule has 0 bridgehead atoms. The van der Waals surface area contributed by atoms with Gasteiger partial charge in [-0.05, 0) is 85.6 Å². The molecule has 1 saturated heterocycles. The first-order chi connectivity index (χ1) is 28.5. The van der Waals surface area contributed by atoms with E-state index in [9.17, 15) is 24.5 Å². The van der Waals surface area contributed by atoms with Gasteiger partial charge in [-0.1, -0.05) is 72.8 Å². The van der Waals surface area contributed by atoms with Crippen LogP contribution in [0.1, 0.15) is 53.5 Å². The van der Waals surface area contributed by atoms with Gasteiger partial charge in [0.1, 0.15) is 12.1 Å². The van der Waals surface area contributed by atoms with Crippen LogP contribution in [0.15, 0.2) is 108 Å². The molecule has 0 saturated carbocycles. The number of aromatic nitrogens is 1. The predicted molar refractivity (Wildman–Crippen MR) is 230 cm³/mol. The smallest absolute Gasteiger partial charge is 0.319 e. The Morgan fingerprint density at radius 2 is 1.56 bits per heavy atom. The number of likely N-dealkylation sites (tertiary alicyclic amines) is 1. The normalized spacial score (nSPS) is 13.6. The van der Waals surface area contributed by atoms with Crippen molar-refractivity contribution in [3.05, 3.63) is 141 Å². The molecule has 4 amide bonds. The van der Waals surface area contributed by atoms with Crippen molar-refractivity contribution >= 4 is 46.1 Å². The monoisotopic (exact) mass is 800 g/mol. The lowest BCUT2D eigenvalue weighted by Crippen LogP contribution is -2.55. The number of fused-ring (bicyclic) bond motifs is 1. The van der Waals surface area contributed by atoms with Gasteiger partial charge in [-0.15, -0.1) is 0 Å². The Labute approximate surface area is 343 Å². The van der Waals surface area contributed by atoms with E-state index in [2.05, 4.69) is 61.0 Å². The van der Waals surface area contributed by atoms with Gasteiger partial charge in [-0.25, -0.2) is 4.79 Å². The Kier molecular flexibility index (Phi) is 14.3. The summed E-state index contributed by atoms with van der Waals surface area (Å²) in [6.07, 6.45) is 5.17. The van der Waals surface area contributed by atoms with Crippen LogP contribution in [0.4, 0.5) is 16.2 Å². The summed E-state index contributed by atoms with van der Waals surface area (Å²) < 4.78 is 2.22. The van der Waals surface area contributed by atoms with E-state index in [1.54, 1.807) is 0 Å². The van der Waals surface area contributed by atoms with Gasteiger partial charge in [0.25, 0.3) is 5.69 Å². The minimum Gasteiger partial charge on any atom is -0.370 e. The van der Waals surface area contributed by atoms with E-state index in [1.165, 1.54) is 53.8 Å². The zero-order valence-electron chi connectivity index (χ0n) is 33.2. The molecule has 1 aliphatic heterocycles. The zero-order chi connectivity index (χ0) is 41.7. The van der Waals surface area contributed by atoms with Crippen LogP contribution in [0.25, 0.3) is 10.9 Å². The fourth-order valence-electron chi connectivity index (χ4n) is 7.33. The maximum Gasteiger partial charge on any atom is 0.319 e. The lowest BCUT2D eigenvalue weighted by atomic mass is 10.0. The summed E-state index contributed by atoms with van der Waals surface area (Å²) in [5, 5.41) is 23.9. The third kappa shape index (κ3) is 11.9. The topological polar surface area (TPSA) is 215 Å². The summed E-state index contributed by atoms with van der Waals surface area (Å²) in [6.45, 7) is 6.20. The van der Waals surface area contributed by atoms with Gasteiger partial charge in [-0.2, -0.15) is 0 Å². The van der Waals surface area contributed by atoms with E-state index in [-0.39, 0.29) is 37.6 Å². The summed E-state index contributed by atoms with van der Waals surface area (Å²) >= 11 is 0. The van der Waals surface area contributed by atoms with Crippen molar-refractivity contribution in [1.82, 2.24) is 25.4 Å². The Balaban J connectivity index is 1.22. The molecule has 0 spiro atoms. The van der Waals surface area contributed by atoms with Crippen molar-refractivity contribution in [2.45, 2.75) is 70.7 Å². The van der Waals surface area contributed by atoms with Gasteiger partial charge in [0.2, 0.25) is 11.8 Å². The Bertz CT molecular complexity index is 2270. The van der Waals surface area contributed by atoms with E-state index in [0.29, 0.717) is 24.2 Å². The highest BCUT2D eigenvalue weighted by Crippen LogP contribution is 2.28. The summed E-state index contributed by atoms with van der Waals surface area (Å²) in [7, 11) is 0. The Morgan fingerprint density at radius 1 is 0.831 bits per heavy atom. The Hall–Kier alpha value is -6.74. The fourth-order valence-corrected chi connectivity index (χ4v) is 7.33. The number of nitrogens with one attached hydrogen (secondary N) is 4. The Morgan fingerprint density at radius 3 is 2.27 bits per heavy atom. The van der Waals surface area contributed by atoms with Gasteiger partial charge < -0.3 is 37.3 Å². The molecule has 1 aliphatic rings. The molecular weight excluding hydrogens is 749 g/mol. The number of anilines is 1. The number of aryl methyl sites for hydroxylation is 1. The van der Waals surface area contributed by atoms with Crippen LogP contribution in [0, 0.1) is 17.0 Å². The third-order valence-electron chi connectivity index (χ3n) is 10.5. The first-order valence-corrected chi connectivity index (χ1v) is 19.9. The molecule has 308 valence electrons. The summed E-state index contributed by atoms with van der Waals surface area (Å²) in [5.41, 5.74) is 17.4. The quantitative estimate of drug-likeness (QED) is 0.0230. The van der Waals surface area contributed by atoms with Crippen molar-refractivity contribution in [3.63, 3.8) is 0 Å². The summed E-state index contributed by atoms with van der Waals surface area (Å²) in [6, 6.07) is 26.4. The first-order valence-electron chi connectivity index (χ1n) is 19.9. The van der Waals surface area contributed by atoms with Gasteiger partial charge in [-0.3, -0.25) is 29.6 Å². The van der Waals surface area contributed by atoms with Crippen molar-refractivity contribution in [1.29, 1.82) is 0 Å². The number of rotatable bonds is 18. The highest BCUT2D eigenvalue weighted by Gasteiger charge is 2.28. The van der Waals surface area contributed by atoms with Crippen LogP contribution in [0.2, 0.25) is 0 Å². The molecule has 2 heterocycles. The highest BCUT2D eigenvalue weighted by molar-refractivity contribution is 5.97. The number of guanidine groups is 1. The number of carbonyl (C=O) groups excluding carboxylic acids is 3. The first kappa shape index (κ1) is 41.9. The molecule has 0 radical (unpaired) electrons. The number of hydrogen-bond donors (Lipinski definition) is 6. The second kappa shape index (κ2) is 20.1. The van der Waals surface area contributed by atoms with Crippen LogP contribution in [-0.2, 0) is 35.6 Å². The maximum absolute atomic E-state index is 14.1. The van der Waals surface area contributed by atoms with E-state index in [0.717, 1.165) is 36.1 Å². The van der Waals surface area contributed by atoms with Crippen molar-refractivity contribution < 1.29 is 19.3 Å². The van der Waals surface area contributed by atoms with Crippen molar-refractivity contribution in [2.24, 2.45) is 16.5 Å². The van der Waals surface area contributed by atoms with Crippen molar-refractivity contribution in [3.8, 4) is 0 Å². The number of nitrogens with two attached hydrogens (primary N) is 2. The molecule has 6 rings (SSSR count). The van der Waals surface area contributed by atoms with E-state index in [4.69, 9.17) is 11.5 Å². The summed E-state index contributed by atoms with van der Waals surface area (Å²) in [4.78, 5) is 58.7. The van der Waals surface area contributed by atoms with Gasteiger partial charge in [0, 0.05) is 62.0 Å². The fraction of sp³-hybridized carbons (Fsp3) is 0.318. The molecule has 0 unspecified atom stereocenters. The number of nitrogens with zero attached hydrogens (tertiary/aromatic N) is 4. The van der Waals surface area contributed by atoms with Crippen LogP contribution >= 0.6 is 0 Å². The van der Waals surface area contributed by atoms with Crippen LogP contribution < -0.4 is 32.7 Å². The minimum atomic E-state index is -1.17. The highest BCUT2D eigenvalue weighted by atomic mass is 16.6. The molecule has 1 fully saturated rings. The second-order valence-corrected chi connectivity index (χ2v) is 14.9. The molecule has 0 aliphatic carbocycles. The number of nitro groups is 1. The molecule has 8 N–H and O–H groups in total. The lowest BCUT2D eigenvalue weighted by Gasteiger charge is -2.23. The van der Waals surface area contributed by atoms with Gasteiger partial charge in [0.15, 0.2) is 5.96 Å². The largest absolute Gasteiger partial charge is 0.370 e. The lowest BCUT2D eigenvalue weighted by molar-refractivity contribution is -0.384. The second-order valence-electron chi connectivity index (χ2n) is 14.9. The number of nitro benzene ring substituents is 1. The summed E-state index contributed by atoms with van der Waals surface area (Å²) in [5.74, 6) is -1.12. The van der Waals surface area contributed by atoms with Crippen molar-refractivity contribution in [2.75, 3.05) is 25.0 Å². The third-order valence-corrected chi connectivity index (χ3v) is 10.5. The van der Waals surface area contributed by atoms with E-state index >= 15 is 0 Å². The maximum atomic E-state index is 14.1. The average Bonchev–Trinajstić information content (AvgIpc) is 3.86. The molecule has 4 aromatic carbocycles. The number of hydrogen-bond acceptors (Lipinski definition) is 7. The van der Waals surface area contributed by atoms with E-state index < -0.39 is 34.9 Å². The standard InChI is InChI=1S/C44H52N10O5/c1-30-10-5-6-13-33(30)28-53-29-34(27-52-22-7-8-23-52)37-20-17-35(25-40(37)53)49-44(57)51-39(24-31-15-18-36(19-16-31)54(58)59)42(56)50-38(14-9-21-47-43(45)46)41(55)48-26-32-11-3-2-4-12-32/h2-6,10-13,15-20,25,29,38-39H,7-9,14,21-24,26-28H2,1H3,(H,48,55)(H,50,56)(H4,45,46,47)(H2,49,51,57)/t38-,39-/m0/s1. The minimum absolute atomic E-state index is 0.0121.